The van der Waals surface area contributed by atoms with E-state index in [4.69, 9.17) is 4.74 Å². The summed E-state index contributed by atoms with van der Waals surface area (Å²) >= 11 is 0. The number of hydrogen-bond acceptors (Lipinski definition) is 0. The number of para-hydroxylation sites is 1. The predicted molar refractivity (Wildman–Crippen MR) is 194 cm³/mol. The van der Waals surface area contributed by atoms with Crippen LogP contribution in [0.3, 0.4) is 0 Å². The Labute approximate surface area is 273 Å². The molecule has 0 saturated carbocycles. The van der Waals surface area contributed by atoms with Crippen molar-refractivity contribution >= 4 is 38.1 Å². The molecule has 0 saturated heterocycles. The molecule has 0 fully saturated rings. The van der Waals surface area contributed by atoms with Crippen LogP contribution >= 0.6 is 0 Å². The number of aromatic hydroxyl groups is 1. The normalized spacial score (nSPS) is 15.9. The van der Waals surface area contributed by atoms with Crippen LogP contribution in [-0.4, -0.2) is 9.72 Å². The monoisotopic (exact) mass is 606 g/mol. The summed E-state index contributed by atoms with van der Waals surface area (Å²) in [5.41, 5.74) is 14.0. The van der Waals surface area contributed by atoms with Gasteiger partial charge in [-0.3, -0.25) is 0 Å². The fraction of sp³-hybridized carbons (Fsp3) is 0.0909. The van der Waals surface area contributed by atoms with E-state index in [0.717, 1.165) is 11.3 Å². The summed E-state index contributed by atoms with van der Waals surface area (Å²) in [6.07, 6.45) is 2.11. The van der Waals surface area contributed by atoms with Crippen LogP contribution in [0.25, 0.3) is 65.8 Å². The number of nitrogens with one attached hydrogen (secondary N) is 1. The zero-order valence-electron chi connectivity index (χ0n) is 26.4. The highest BCUT2D eigenvalue weighted by molar-refractivity contribution is 6.13. The molecule has 0 bridgehead atoms. The lowest BCUT2D eigenvalue weighted by Gasteiger charge is -2.22. The Hall–Kier alpha value is -5.64. The number of quaternary nitrogens is 1. The molecule has 10 rings (SSSR count). The summed E-state index contributed by atoms with van der Waals surface area (Å²) in [4.78, 5) is 3.44. The van der Waals surface area contributed by atoms with Gasteiger partial charge >= 0.3 is 12.0 Å². The second kappa shape index (κ2) is 9.68. The largest absolute Gasteiger partial charge is 0.531 e. The van der Waals surface area contributed by atoms with Crippen LogP contribution in [0, 0.1) is 0 Å². The fourth-order valence-corrected chi connectivity index (χ4v) is 8.20. The molecule has 0 amide bonds. The number of nitrogens with two attached hydrogens (primary N) is 1. The van der Waals surface area contributed by atoms with E-state index in [2.05, 4.69) is 164 Å². The number of benzene rings is 7. The number of hydrogen-bond donors (Lipinski definition) is 2. The first-order chi connectivity index (χ1) is 23.0. The first-order valence-corrected chi connectivity index (χ1v) is 16.5. The van der Waals surface area contributed by atoms with E-state index in [9.17, 15) is 0 Å². The Morgan fingerprint density at radius 2 is 1.30 bits per heavy atom. The van der Waals surface area contributed by atoms with E-state index < -0.39 is 0 Å². The van der Waals surface area contributed by atoms with Crippen molar-refractivity contribution in [1.82, 2.24) is 4.98 Å². The molecule has 1 aliphatic carbocycles. The Kier molecular flexibility index (Phi) is 5.47. The lowest BCUT2D eigenvalue weighted by Crippen LogP contribution is -2.77. The summed E-state index contributed by atoms with van der Waals surface area (Å²) < 4.78 is 5.36. The maximum atomic E-state index is 5.36. The van der Waals surface area contributed by atoms with Crippen LogP contribution in [0.2, 0.25) is 0 Å². The smallest absolute Gasteiger partial charge is 0.346 e. The van der Waals surface area contributed by atoms with E-state index in [1.807, 2.05) is 0 Å². The topological polar surface area (TPSA) is 45.2 Å². The second-order valence-corrected chi connectivity index (χ2v) is 13.6. The quantitative estimate of drug-likeness (QED) is 0.0870. The van der Waals surface area contributed by atoms with Gasteiger partial charge in [-0.2, -0.15) is 0 Å². The summed E-state index contributed by atoms with van der Waals surface area (Å²) in [5.74, 6) is 1.09. The molecule has 1 unspecified atom stereocenters. The van der Waals surface area contributed by atoms with Crippen LogP contribution in [0.15, 0.2) is 140 Å². The zero-order valence-corrected chi connectivity index (χ0v) is 26.4. The minimum atomic E-state index is -0.0190. The van der Waals surface area contributed by atoms with Gasteiger partial charge in [0.25, 0.3) is 0 Å². The molecule has 1 atom stereocenters. The van der Waals surface area contributed by atoms with Crippen molar-refractivity contribution in [1.29, 1.82) is 0 Å². The van der Waals surface area contributed by atoms with Gasteiger partial charge in [0.05, 0.1) is 5.39 Å². The molecule has 1 aliphatic heterocycles. The van der Waals surface area contributed by atoms with Crippen LogP contribution in [0.5, 0.6) is 5.75 Å². The number of aromatic amines is 1. The first-order valence-electron chi connectivity index (χ1n) is 16.5. The fourth-order valence-electron chi connectivity index (χ4n) is 8.20. The number of rotatable bonds is 3. The average Bonchev–Trinajstić information content (AvgIpc) is 3.81. The van der Waals surface area contributed by atoms with E-state index in [0.29, 0.717) is 0 Å². The van der Waals surface area contributed by atoms with Crippen LogP contribution < -0.4 is 5.32 Å². The van der Waals surface area contributed by atoms with Crippen molar-refractivity contribution < 1.29 is 10.1 Å². The average molecular weight is 607 g/mol. The molecular weight excluding hydrogens is 572 g/mol. The van der Waals surface area contributed by atoms with Gasteiger partial charge in [-0.05, 0) is 91.0 Å². The van der Waals surface area contributed by atoms with Crippen molar-refractivity contribution in [3.05, 3.63) is 156 Å². The van der Waals surface area contributed by atoms with Gasteiger partial charge in [-0.25, -0.2) is 5.32 Å². The Morgan fingerprint density at radius 1 is 0.596 bits per heavy atom. The first kappa shape index (κ1) is 26.6. The molecule has 0 radical (unpaired) electrons. The second-order valence-electron chi connectivity index (χ2n) is 13.6. The highest BCUT2D eigenvalue weighted by atomic mass is 16.5. The van der Waals surface area contributed by atoms with Crippen molar-refractivity contribution in [2.24, 2.45) is 0 Å². The lowest BCUT2D eigenvalue weighted by molar-refractivity contribution is -0.657. The number of aliphatic hydroxyl groups is 1. The molecule has 0 spiro atoms. The van der Waals surface area contributed by atoms with Gasteiger partial charge in [0.2, 0.25) is 5.69 Å². The van der Waals surface area contributed by atoms with Gasteiger partial charge in [-0.15, -0.1) is 0 Å². The maximum Gasteiger partial charge on any atom is 0.346 e. The van der Waals surface area contributed by atoms with Crippen LogP contribution in [-0.2, 0) is 5.41 Å². The summed E-state index contributed by atoms with van der Waals surface area (Å²) in [6.45, 7) is 4.70. The molecule has 3 heteroatoms. The maximum absolute atomic E-state index is 5.36. The molecule has 3 nitrogen and oxygen atoms in total. The highest BCUT2D eigenvalue weighted by Gasteiger charge is 2.38. The number of H-pyrrole nitrogens is 1. The minimum absolute atomic E-state index is 0.00744. The Balaban J connectivity index is 1.06. The van der Waals surface area contributed by atoms with E-state index in [-0.39, 0.29) is 11.6 Å². The molecule has 8 aromatic rings. The number of ether oxygens (including phenoxy) is 1. The minimum Gasteiger partial charge on any atom is -0.531 e. The highest BCUT2D eigenvalue weighted by Crippen LogP contribution is 2.50. The van der Waals surface area contributed by atoms with Crippen molar-refractivity contribution in [2.45, 2.75) is 25.5 Å². The molecule has 47 heavy (non-hydrogen) atoms. The van der Waals surface area contributed by atoms with Gasteiger partial charge in [0.1, 0.15) is 5.56 Å². The molecule has 224 valence electrons. The summed E-state index contributed by atoms with van der Waals surface area (Å²) in [5, 5.41) is 8.48. The molecule has 4 N–H and O–H groups in total. The van der Waals surface area contributed by atoms with Crippen LogP contribution in [0.4, 0.5) is 5.69 Å². The standard InChI is InChI=1S/C44H32N2O/c1-44(2)37-12-5-3-10-32(37)33-20-18-31(24-38(33)44)29-9-7-8-28(22-29)30-17-15-26-14-16-27-19-21-40-42(41(27)35(26)23-30)47-43(46-40)36-25-45-39-13-6-4-11-34(36)39/h3-25,43,45-46H,1-2H3/p+2. The van der Waals surface area contributed by atoms with E-state index in [1.54, 1.807) is 0 Å². The molecule has 7 aromatic carbocycles. The predicted octanol–water partition coefficient (Wildman–Crippen LogP) is 10.3. The molecular formula is C44H34N2O+2. The third-order valence-corrected chi connectivity index (χ3v) is 10.7. The van der Waals surface area contributed by atoms with Gasteiger partial charge in [0.15, 0.2) is 0 Å². The summed E-state index contributed by atoms with van der Waals surface area (Å²) in [6, 6.07) is 49.2. The van der Waals surface area contributed by atoms with Crippen molar-refractivity contribution in [3.63, 3.8) is 0 Å². The van der Waals surface area contributed by atoms with E-state index >= 15 is 0 Å². The zero-order chi connectivity index (χ0) is 31.3. The molecule has 2 heterocycles. The third kappa shape index (κ3) is 3.90. The third-order valence-electron chi connectivity index (χ3n) is 10.7. The number of fused-ring (bicyclic) bond motifs is 9. The molecule has 2 aliphatic rings. The van der Waals surface area contributed by atoms with Crippen LogP contribution in [0.1, 0.15) is 36.8 Å². The van der Waals surface area contributed by atoms with Gasteiger partial charge < -0.3 is 9.72 Å². The SMILES string of the molecule is CC1(C)c2ccccc2-c2ccc(-c3cccc(-c4ccc5ccc6ccc7c(c6c5c4)[OH+]C(c4c[nH]c5ccccc45)[NH2+]7)c3)cc21. The number of aromatic nitrogens is 1. The summed E-state index contributed by atoms with van der Waals surface area (Å²) in [7, 11) is 0. The molecule has 1 aromatic heterocycles. The Morgan fingerprint density at radius 3 is 2.21 bits per heavy atom. The van der Waals surface area contributed by atoms with Gasteiger partial charge in [0, 0.05) is 28.6 Å². The Bertz CT molecular complexity index is 2570. The van der Waals surface area contributed by atoms with Gasteiger partial charge in [-0.1, -0.05) is 111 Å². The lowest BCUT2D eigenvalue weighted by atomic mass is 9.81. The van der Waals surface area contributed by atoms with E-state index in [1.165, 1.54) is 82.7 Å². The van der Waals surface area contributed by atoms with Crippen molar-refractivity contribution in [3.8, 4) is 39.1 Å². The van der Waals surface area contributed by atoms with Crippen molar-refractivity contribution in [2.75, 3.05) is 0 Å².